The van der Waals surface area contributed by atoms with Crippen LogP contribution in [-0.2, 0) is 4.79 Å². The average Bonchev–Trinajstić information content (AvgIpc) is 2.49. The van der Waals surface area contributed by atoms with Crippen molar-refractivity contribution in [3.63, 3.8) is 0 Å². The first-order chi connectivity index (χ1) is 10.5. The highest BCUT2D eigenvalue weighted by Crippen LogP contribution is 2.27. The molecule has 0 aliphatic heterocycles. The van der Waals surface area contributed by atoms with Gasteiger partial charge in [-0.25, -0.2) is 0 Å². The molecule has 0 heterocycles. The van der Waals surface area contributed by atoms with Crippen LogP contribution < -0.4 is 14.8 Å². The number of ether oxygens (including phenoxy) is 2. The maximum atomic E-state index is 11.9. The molecule has 0 bridgehead atoms. The largest absolute Gasteiger partial charge is 0.496 e. The van der Waals surface area contributed by atoms with Crippen LogP contribution in [0.25, 0.3) is 0 Å². The lowest BCUT2D eigenvalue weighted by atomic mass is 10.1. The molecule has 1 N–H and O–H groups in total. The van der Waals surface area contributed by atoms with Crippen molar-refractivity contribution in [1.82, 2.24) is 0 Å². The Morgan fingerprint density at radius 3 is 2.55 bits per heavy atom. The Labute approximate surface area is 138 Å². The number of nitrogens with one attached hydrogen (secondary N) is 1. The summed E-state index contributed by atoms with van der Waals surface area (Å²) in [7, 11) is 1.59. The average molecular weight is 364 g/mol. The van der Waals surface area contributed by atoms with Gasteiger partial charge in [0.25, 0.3) is 5.91 Å². The highest BCUT2D eigenvalue weighted by atomic mass is 79.9. The number of anilines is 1. The molecule has 0 aliphatic carbocycles. The van der Waals surface area contributed by atoms with Gasteiger partial charge in [-0.05, 0) is 71.2 Å². The molecule has 0 saturated carbocycles. The summed E-state index contributed by atoms with van der Waals surface area (Å²) in [6.45, 7) is 4.01. The Morgan fingerprint density at radius 1 is 1.14 bits per heavy atom. The van der Waals surface area contributed by atoms with Crippen LogP contribution >= 0.6 is 15.9 Å². The summed E-state index contributed by atoms with van der Waals surface area (Å²) in [5, 5.41) is 2.78. The van der Waals surface area contributed by atoms with E-state index < -0.39 is 0 Å². The third-order valence-corrected chi connectivity index (χ3v) is 3.90. The van der Waals surface area contributed by atoms with Crippen molar-refractivity contribution >= 4 is 27.5 Å². The van der Waals surface area contributed by atoms with Gasteiger partial charge in [0.05, 0.1) is 11.6 Å². The van der Waals surface area contributed by atoms with Crippen molar-refractivity contribution in [2.75, 3.05) is 19.0 Å². The molecule has 2 aromatic rings. The van der Waals surface area contributed by atoms with Crippen LogP contribution in [0.4, 0.5) is 5.69 Å². The van der Waals surface area contributed by atoms with E-state index in [0.717, 1.165) is 10.0 Å². The van der Waals surface area contributed by atoms with Crippen molar-refractivity contribution in [2.45, 2.75) is 13.8 Å². The number of benzene rings is 2. The van der Waals surface area contributed by atoms with E-state index in [1.807, 2.05) is 32.0 Å². The van der Waals surface area contributed by atoms with Crippen LogP contribution in [0.1, 0.15) is 11.1 Å². The minimum Gasteiger partial charge on any atom is -0.496 e. The van der Waals surface area contributed by atoms with E-state index in [9.17, 15) is 4.79 Å². The summed E-state index contributed by atoms with van der Waals surface area (Å²) in [5.41, 5.74) is 3.01. The second kappa shape index (κ2) is 7.31. The smallest absolute Gasteiger partial charge is 0.262 e. The lowest BCUT2D eigenvalue weighted by molar-refractivity contribution is -0.118. The normalized spacial score (nSPS) is 10.2. The minimum absolute atomic E-state index is 0.0356. The highest BCUT2D eigenvalue weighted by Gasteiger charge is 2.07. The third kappa shape index (κ3) is 4.24. The zero-order chi connectivity index (χ0) is 16.1. The maximum absolute atomic E-state index is 11.9. The summed E-state index contributed by atoms with van der Waals surface area (Å²) in [5.74, 6) is 1.19. The summed E-state index contributed by atoms with van der Waals surface area (Å²) in [6, 6.07) is 11.1. The molecule has 116 valence electrons. The number of methoxy groups -OCH3 is 1. The summed E-state index contributed by atoms with van der Waals surface area (Å²) < 4.78 is 11.4. The van der Waals surface area contributed by atoms with Crippen molar-refractivity contribution in [3.8, 4) is 11.5 Å². The Hall–Kier alpha value is -2.01. The zero-order valence-corrected chi connectivity index (χ0v) is 14.4. The zero-order valence-electron chi connectivity index (χ0n) is 12.8. The van der Waals surface area contributed by atoms with E-state index in [1.165, 1.54) is 5.56 Å². The molecule has 5 heteroatoms. The molecule has 0 aliphatic rings. The lowest BCUT2D eigenvalue weighted by Gasteiger charge is -2.10. The summed E-state index contributed by atoms with van der Waals surface area (Å²) in [6.07, 6.45) is 0. The van der Waals surface area contributed by atoms with Gasteiger partial charge in [0.2, 0.25) is 0 Å². The molecular formula is C17H18BrNO3. The number of amides is 1. The standard InChI is InChI=1S/C17H18BrNO3/c1-11-4-6-14(8-12(11)2)22-10-17(20)19-13-5-7-16(21-3)15(18)9-13/h4-9H,10H2,1-3H3,(H,19,20). The van der Waals surface area contributed by atoms with E-state index in [-0.39, 0.29) is 12.5 Å². The fraction of sp³-hybridized carbons (Fsp3) is 0.235. The summed E-state index contributed by atoms with van der Waals surface area (Å²) >= 11 is 3.38. The van der Waals surface area contributed by atoms with Gasteiger partial charge in [0.15, 0.2) is 6.61 Å². The van der Waals surface area contributed by atoms with Crippen LogP contribution in [0.5, 0.6) is 11.5 Å². The molecule has 22 heavy (non-hydrogen) atoms. The van der Waals surface area contributed by atoms with Crippen LogP contribution in [0.3, 0.4) is 0 Å². The van der Waals surface area contributed by atoms with Gasteiger partial charge in [0.1, 0.15) is 11.5 Å². The van der Waals surface area contributed by atoms with E-state index in [1.54, 1.807) is 25.3 Å². The van der Waals surface area contributed by atoms with Gasteiger partial charge in [-0.3, -0.25) is 4.79 Å². The van der Waals surface area contributed by atoms with Crippen LogP contribution in [0.2, 0.25) is 0 Å². The predicted octanol–water partition coefficient (Wildman–Crippen LogP) is 4.09. The topological polar surface area (TPSA) is 47.6 Å². The van der Waals surface area contributed by atoms with Gasteiger partial charge < -0.3 is 14.8 Å². The minimum atomic E-state index is -0.213. The molecule has 0 spiro atoms. The monoisotopic (exact) mass is 363 g/mol. The van der Waals surface area contributed by atoms with E-state index in [4.69, 9.17) is 9.47 Å². The Balaban J connectivity index is 1.92. The first-order valence-electron chi connectivity index (χ1n) is 6.83. The molecular weight excluding hydrogens is 346 g/mol. The van der Waals surface area contributed by atoms with Crippen molar-refractivity contribution < 1.29 is 14.3 Å². The highest BCUT2D eigenvalue weighted by molar-refractivity contribution is 9.10. The molecule has 4 nitrogen and oxygen atoms in total. The van der Waals surface area contributed by atoms with Crippen molar-refractivity contribution in [2.24, 2.45) is 0 Å². The van der Waals surface area contributed by atoms with Gasteiger partial charge in [-0.1, -0.05) is 6.07 Å². The summed E-state index contributed by atoms with van der Waals surface area (Å²) in [4.78, 5) is 11.9. The van der Waals surface area contributed by atoms with E-state index in [0.29, 0.717) is 17.2 Å². The Morgan fingerprint density at radius 2 is 1.91 bits per heavy atom. The van der Waals surface area contributed by atoms with Crippen LogP contribution in [0.15, 0.2) is 40.9 Å². The first-order valence-corrected chi connectivity index (χ1v) is 7.62. The molecule has 0 unspecified atom stereocenters. The van der Waals surface area contributed by atoms with Crippen LogP contribution in [0, 0.1) is 13.8 Å². The number of hydrogen-bond acceptors (Lipinski definition) is 3. The van der Waals surface area contributed by atoms with Gasteiger partial charge >= 0.3 is 0 Å². The van der Waals surface area contributed by atoms with Crippen molar-refractivity contribution in [3.05, 3.63) is 52.0 Å². The molecule has 2 aromatic carbocycles. The quantitative estimate of drug-likeness (QED) is 0.869. The molecule has 0 saturated heterocycles. The molecule has 1 amide bonds. The number of rotatable bonds is 5. The van der Waals surface area contributed by atoms with Crippen LogP contribution in [-0.4, -0.2) is 19.6 Å². The predicted molar refractivity (Wildman–Crippen MR) is 90.7 cm³/mol. The number of aryl methyl sites for hydroxylation is 2. The second-order valence-corrected chi connectivity index (χ2v) is 5.79. The fourth-order valence-corrected chi connectivity index (χ4v) is 2.43. The Bertz CT molecular complexity index is 686. The van der Waals surface area contributed by atoms with E-state index >= 15 is 0 Å². The van der Waals surface area contributed by atoms with Gasteiger partial charge in [-0.15, -0.1) is 0 Å². The molecule has 0 radical (unpaired) electrons. The molecule has 0 atom stereocenters. The maximum Gasteiger partial charge on any atom is 0.262 e. The van der Waals surface area contributed by atoms with Gasteiger partial charge in [-0.2, -0.15) is 0 Å². The fourth-order valence-electron chi connectivity index (χ4n) is 1.89. The Kier molecular flexibility index (Phi) is 5.44. The molecule has 0 aromatic heterocycles. The second-order valence-electron chi connectivity index (χ2n) is 4.93. The van der Waals surface area contributed by atoms with E-state index in [2.05, 4.69) is 21.2 Å². The first kappa shape index (κ1) is 16.4. The number of carbonyl (C=O) groups excluding carboxylic acids is 1. The van der Waals surface area contributed by atoms with Gasteiger partial charge in [0, 0.05) is 5.69 Å². The number of carbonyl (C=O) groups is 1. The SMILES string of the molecule is COc1ccc(NC(=O)COc2ccc(C)c(C)c2)cc1Br. The van der Waals surface area contributed by atoms with Crippen molar-refractivity contribution in [1.29, 1.82) is 0 Å². The third-order valence-electron chi connectivity index (χ3n) is 3.28. The number of halogens is 1. The molecule has 2 rings (SSSR count). The lowest BCUT2D eigenvalue weighted by Crippen LogP contribution is -2.20. The molecule has 0 fully saturated rings. The number of hydrogen-bond donors (Lipinski definition) is 1.